The van der Waals surface area contributed by atoms with Gasteiger partial charge in [-0.25, -0.2) is 13.1 Å². The zero-order chi connectivity index (χ0) is 19.8. The van der Waals surface area contributed by atoms with E-state index in [1.807, 2.05) is 20.8 Å². The third-order valence-electron chi connectivity index (χ3n) is 4.13. The van der Waals surface area contributed by atoms with Crippen LogP contribution in [0.5, 0.6) is 5.75 Å². The summed E-state index contributed by atoms with van der Waals surface area (Å²) >= 11 is 1.41. The van der Waals surface area contributed by atoms with Crippen molar-refractivity contribution in [2.45, 2.75) is 44.1 Å². The molecule has 0 unspecified atom stereocenters. The van der Waals surface area contributed by atoms with Gasteiger partial charge in [0.15, 0.2) is 6.10 Å². The first-order valence-electron chi connectivity index (χ1n) is 8.48. The summed E-state index contributed by atoms with van der Waals surface area (Å²) in [7, 11) is -4.09. The number of sulfonamides is 1. The molecule has 0 bridgehead atoms. The first-order chi connectivity index (χ1) is 12.7. The predicted octanol–water partition coefficient (Wildman–Crippen LogP) is 3.10. The lowest BCUT2D eigenvalue weighted by molar-refractivity contribution is -0.123. The molecule has 3 rings (SSSR count). The summed E-state index contributed by atoms with van der Waals surface area (Å²) in [6, 6.07) is 5.78. The Morgan fingerprint density at radius 3 is 2.70 bits per heavy atom. The number of thiophene rings is 1. The van der Waals surface area contributed by atoms with Crippen molar-refractivity contribution in [1.29, 1.82) is 0 Å². The van der Waals surface area contributed by atoms with Gasteiger partial charge in [-0.3, -0.25) is 9.59 Å². The Hall–Kier alpha value is -2.39. The van der Waals surface area contributed by atoms with E-state index in [9.17, 15) is 18.0 Å². The van der Waals surface area contributed by atoms with Gasteiger partial charge in [-0.1, -0.05) is 20.8 Å². The number of hydrogen-bond acceptors (Lipinski definition) is 6. The van der Waals surface area contributed by atoms with Crippen molar-refractivity contribution in [2.75, 3.05) is 5.32 Å². The lowest BCUT2D eigenvalue weighted by Crippen LogP contribution is -2.36. The first kappa shape index (κ1) is 19.4. The average Bonchev–Trinajstić information content (AvgIpc) is 3.11. The number of carbonyl (C=O) groups is 2. The Bertz CT molecular complexity index is 995. The van der Waals surface area contributed by atoms with Gasteiger partial charge in [-0.05, 0) is 36.6 Å². The zero-order valence-corrected chi connectivity index (χ0v) is 16.7. The Morgan fingerprint density at radius 1 is 1.33 bits per heavy atom. The van der Waals surface area contributed by atoms with Gasteiger partial charge in [0.2, 0.25) is 0 Å². The number of ether oxygens (including phenoxy) is 1. The molecule has 2 heterocycles. The van der Waals surface area contributed by atoms with Crippen LogP contribution in [0.15, 0.2) is 34.5 Å². The van der Waals surface area contributed by atoms with Crippen LogP contribution in [0.4, 0.5) is 5.69 Å². The predicted molar refractivity (Wildman–Crippen MR) is 103 cm³/mol. The Labute approximate surface area is 161 Å². The summed E-state index contributed by atoms with van der Waals surface area (Å²) in [5.41, 5.74) is 0.560. The highest BCUT2D eigenvalue weighted by atomic mass is 32.2. The van der Waals surface area contributed by atoms with Crippen LogP contribution in [-0.4, -0.2) is 26.3 Å². The van der Waals surface area contributed by atoms with E-state index in [-0.39, 0.29) is 22.4 Å². The van der Waals surface area contributed by atoms with Gasteiger partial charge in [0.25, 0.3) is 21.8 Å². The Balaban J connectivity index is 1.82. The third kappa shape index (κ3) is 3.98. The second kappa shape index (κ2) is 7.32. The zero-order valence-electron chi connectivity index (χ0n) is 15.1. The lowest BCUT2D eigenvalue weighted by atomic mass is 10.1. The largest absolute Gasteiger partial charge is 0.478 e. The van der Waals surface area contributed by atoms with Gasteiger partial charge in [-0.2, -0.15) is 0 Å². The highest BCUT2D eigenvalue weighted by Gasteiger charge is 2.28. The van der Waals surface area contributed by atoms with Crippen LogP contribution in [0.2, 0.25) is 0 Å². The van der Waals surface area contributed by atoms with Crippen molar-refractivity contribution >= 4 is 38.9 Å². The maximum atomic E-state index is 12.6. The van der Waals surface area contributed by atoms with E-state index < -0.39 is 22.0 Å². The smallest absolute Gasteiger partial charge is 0.265 e. The number of anilines is 1. The van der Waals surface area contributed by atoms with Crippen LogP contribution < -0.4 is 14.8 Å². The molecular formula is C18H20N2O5S2. The van der Waals surface area contributed by atoms with Crippen molar-refractivity contribution in [2.24, 2.45) is 0 Å². The van der Waals surface area contributed by atoms with Crippen molar-refractivity contribution in [3.05, 3.63) is 40.1 Å². The lowest BCUT2D eigenvalue weighted by Gasteiger charge is -2.25. The molecule has 0 saturated heterocycles. The molecule has 2 amide bonds. The van der Waals surface area contributed by atoms with Gasteiger partial charge in [0.05, 0.1) is 16.1 Å². The van der Waals surface area contributed by atoms with Gasteiger partial charge in [0.1, 0.15) is 5.75 Å². The fourth-order valence-corrected chi connectivity index (χ4v) is 4.49. The summed E-state index contributed by atoms with van der Waals surface area (Å²) in [5, 5.41) is 4.27. The molecule has 1 atom stereocenters. The Kier molecular flexibility index (Phi) is 5.25. The average molecular weight is 409 g/mol. The topological polar surface area (TPSA) is 102 Å². The van der Waals surface area contributed by atoms with Crippen LogP contribution in [0.25, 0.3) is 0 Å². The molecule has 9 heteroatoms. The number of rotatable bonds is 5. The molecule has 0 spiro atoms. The van der Waals surface area contributed by atoms with Gasteiger partial charge in [-0.15, -0.1) is 11.3 Å². The van der Waals surface area contributed by atoms with Gasteiger partial charge < -0.3 is 10.1 Å². The molecule has 1 aromatic heterocycles. The quantitative estimate of drug-likeness (QED) is 0.792. The molecule has 2 N–H and O–H groups in total. The third-order valence-corrected chi connectivity index (χ3v) is 6.69. The number of benzene rings is 1. The molecular weight excluding hydrogens is 388 g/mol. The van der Waals surface area contributed by atoms with Crippen LogP contribution in [0.3, 0.4) is 0 Å². The monoisotopic (exact) mass is 408 g/mol. The van der Waals surface area contributed by atoms with Crippen LogP contribution in [-0.2, 0) is 14.8 Å². The minimum absolute atomic E-state index is 0.132. The highest BCUT2D eigenvalue weighted by molar-refractivity contribution is 7.90. The van der Waals surface area contributed by atoms with Gasteiger partial charge >= 0.3 is 0 Å². The van der Waals surface area contributed by atoms with Crippen molar-refractivity contribution in [3.8, 4) is 5.75 Å². The molecule has 1 aliphatic heterocycles. The summed E-state index contributed by atoms with van der Waals surface area (Å²) in [6.07, 6.45) is -0.103. The normalized spacial score (nSPS) is 16.4. The second-order valence-corrected chi connectivity index (χ2v) is 9.11. The van der Waals surface area contributed by atoms with Crippen molar-refractivity contribution in [1.82, 2.24) is 4.72 Å². The van der Waals surface area contributed by atoms with Crippen LogP contribution in [0, 0.1) is 0 Å². The van der Waals surface area contributed by atoms with E-state index in [0.717, 1.165) is 4.88 Å². The molecule has 144 valence electrons. The maximum absolute atomic E-state index is 12.6. The van der Waals surface area contributed by atoms with Crippen LogP contribution >= 0.6 is 11.3 Å². The molecule has 1 aliphatic rings. The number of nitrogens with one attached hydrogen (secondary N) is 2. The summed E-state index contributed by atoms with van der Waals surface area (Å²) in [6.45, 7) is 5.81. The summed E-state index contributed by atoms with van der Waals surface area (Å²) in [4.78, 5) is 25.1. The van der Waals surface area contributed by atoms with E-state index in [4.69, 9.17) is 4.74 Å². The summed E-state index contributed by atoms with van der Waals surface area (Å²) in [5.74, 6) is -0.374. The molecule has 0 fully saturated rings. The number of amides is 2. The Morgan fingerprint density at radius 2 is 2.07 bits per heavy atom. The number of fused-ring (bicyclic) bond motifs is 1. The maximum Gasteiger partial charge on any atom is 0.265 e. The molecule has 2 aromatic rings. The molecule has 0 radical (unpaired) electrons. The van der Waals surface area contributed by atoms with Crippen LogP contribution in [0.1, 0.15) is 48.3 Å². The van der Waals surface area contributed by atoms with E-state index in [1.165, 1.54) is 29.5 Å². The van der Waals surface area contributed by atoms with Crippen molar-refractivity contribution in [3.63, 3.8) is 0 Å². The number of hydrogen-bond donors (Lipinski definition) is 2. The van der Waals surface area contributed by atoms with E-state index >= 15 is 0 Å². The molecule has 7 nitrogen and oxygen atoms in total. The second-order valence-electron chi connectivity index (χ2n) is 6.49. The highest BCUT2D eigenvalue weighted by Crippen LogP contribution is 2.32. The molecule has 0 saturated carbocycles. The van der Waals surface area contributed by atoms with E-state index in [2.05, 4.69) is 10.0 Å². The SMILES string of the molecule is CC[C@H]1Oc2ccc(S(=O)(=O)NC(=O)c3csc(C(C)C)c3)cc2NC1=O. The summed E-state index contributed by atoms with van der Waals surface area (Å²) < 4.78 is 32.7. The minimum atomic E-state index is -4.09. The standard InChI is InChI=1S/C18H20N2O5S2/c1-4-14-18(22)19-13-8-12(5-6-15(13)25-14)27(23,24)20-17(21)11-7-16(10(2)3)26-9-11/h5-10,14H,4H2,1-3H3,(H,19,22)(H,20,21)/t14-/m1/s1. The molecule has 1 aromatic carbocycles. The van der Waals surface area contributed by atoms with E-state index in [0.29, 0.717) is 17.7 Å². The molecule has 27 heavy (non-hydrogen) atoms. The fourth-order valence-electron chi connectivity index (χ4n) is 2.58. The minimum Gasteiger partial charge on any atom is -0.478 e. The van der Waals surface area contributed by atoms with Crippen molar-refractivity contribution < 1.29 is 22.7 Å². The van der Waals surface area contributed by atoms with Gasteiger partial charge in [0, 0.05) is 10.3 Å². The fraction of sp³-hybridized carbons (Fsp3) is 0.333. The molecule has 0 aliphatic carbocycles. The first-order valence-corrected chi connectivity index (χ1v) is 10.8. The van der Waals surface area contributed by atoms with E-state index in [1.54, 1.807) is 11.4 Å². The number of carbonyl (C=O) groups excluding carboxylic acids is 2.